The van der Waals surface area contributed by atoms with E-state index in [1.807, 2.05) is 19.1 Å². The van der Waals surface area contributed by atoms with Gasteiger partial charge in [0.15, 0.2) is 5.76 Å². The van der Waals surface area contributed by atoms with E-state index in [9.17, 15) is 4.79 Å². The highest BCUT2D eigenvalue weighted by Gasteiger charge is 2.10. The highest BCUT2D eigenvalue weighted by molar-refractivity contribution is 9.10. The largest absolute Gasteiger partial charge is 0.451 e. The molecule has 0 aliphatic heterocycles. The lowest BCUT2D eigenvalue weighted by molar-refractivity contribution is 0.0976. The van der Waals surface area contributed by atoms with Gasteiger partial charge in [0.05, 0.1) is 0 Å². The second-order valence-corrected chi connectivity index (χ2v) is 4.03. The van der Waals surface area contributed by atoms with E-state index in [0.29, 0.717) is 5.58 Å². The van der Waals surface area contributed by atoms with Gasteiger partial charge in [0, 0.05) is 9.86 Å². The van der Waals surface area contributed by atoms with Crippen LogP contribution in [-0.2, 0) is 0 Å². The van der Waals surface area contributed by atoms with Gasteiger partial charge in [-0.15, -0.1) is 0 Å². The average Bonchev–Trinajstić information content (AvgIpc) is 2.47. The maximum absolute atomic E-state index is 10.9. The second-order valence-electron chi connectivity index (χ2n) is 3.12. The van der Waals surface area contributed by atoms with Crippen molar-refractivity contribution < 1.29 is 9.21 Å². The molecule has 1 aromatic heterocycles. The lowest BCUT2D eigenvalue weighted by atomic mass is 10.2. The van der Waals surface area contributed by atoms with Gasteiger partial charge in [-0.3, -0.25) is 4.79 Å². The van der Waals surface area contributed by atoms with Crippen molar-refractivity contribution >= 4 is 32.8 Å². The van der Waals surface area contributed by atoms with Gasteiger partial charge in [-0.25, -0.2) is 0 Å². The number of hydrogen-bond donors (Lipinski definition) is 1. The first-order chi connectivity index (χ1) is 6.58. The van der Waals surface area contributed by atoms with E-state index < -0.39 is 5.91 Å². The second kappa shape index (κ2) is 3.13. The molecule has 2 aromatic rings. The molecule has 1 amide bonds. The van der Waals surface area contributed by atoms with Crippen LogP contribution in [0.2, 0.25) is 0 Å². The molecule has 0 aliphatic rings. The zero-order valence-corrected chi connectivity index (χ0v) is 9.09. The molecule has 0 spiro atoms. The minimum atomic E-state index is -0.545. The zero-order valence-electron chi connectivity index (χ0n) is 7.50. The number of fused-ring (bicyclic) bond motifs is 1. The summed E-state index contributed by atoms with van der Waals surface area (Å²) < 4.78 is 6.28. The van der Waals surface area contributed by atoms with Gasteiger partial charge < -0.3 is 10.2 Å². The minimum absolute atomic E-state index is 0.196. The number of amides is 1. The van der Waals surface area contributed by atoms with Crippen LogP contribution in [0, 0.1) is 6.92 Å². The number of rotatable bonds is 1. The first-order valence-electron chi connectivity index (χ1n) is 4.07. The maximum Gasteiger partial charge on any atom is 0.284 e. The SMILES string of the molecule is Cc1cc(Br)cc2cc(C(N)=O)oc12. The summed E-state index contributed by atoms with van der Waals surface area (Å²) in [4.78, 5) is 10.9. The van der Waals surface area contributed by atoms with Crippen LogP contribution >= 0.6 is 15.9 Å². The van der Waals surface area contributed by atoms with E-state index >= 15 is 0 Å². The number of benzene rings is 1. The van der Waals surface area contributed by atoms with Gasteiger partial charge in [-0.05, 0) is 30.7 Å². The molecule has 3 nitrogen and oxygen atoms in total. The molecule has 2 N–H and O–H groups in total. The standard InChI is InChI=1S/C10H8BrNO2/c1-5-2-7(11)3-6-4-8(10(12)13)14-9(5)6/h2-4H,1H3,(H2,12,13). The topological polar surface area (TPSA) is 56.2 Å². The quantitative estimate of drug-likeness (QED) is 0.850. The van der Waals surface area contributed by atoms with Crippen molar-refractivity contribution in [3.05, 3.63) is 34.0 Å². The summed E-state index contributed by atoms with van der Waals surface area (Å²) in [7, 11) is 0. The molecular formula is C10H8BrNO2. The van der Waals surface area contributed by atoms with Crippen molar-refractivity contribution in [3.63, 3.8) is 0 Å². The summed E-state index contributed by atoms with van der Waals surface area (Å²) in [6, 6.07) is 5.46. The number of primary amides is 1. The molecule has 0 aliphatic carbocycles. The smallest absolute Gasteiger partial charge is 0.284 e. The Morgan fingerprint density at radius 3 is 2.79 bits per heavy atom. The van der Waals surface area contributed by atoms with Crippen molar-refractivity contribution in [3.8, 4) is 0 Å². The van der Waals surface area contributed by atoms with Crippen LogP contribution in [-0.4, -0.2) is 5.91 Å². The molecular weight excluding hydrogens is 246 g/mol. The van der Waals surface area contributed by atoms with Crippen molar-refractivity contribution in [2.24, 2.45) is 5.73 Å². The maximum atomic E-state index is 10.9. The van der Waals surface area contributed by atoms with Crippen molar-refractivity contribution in [2.45, 2.75) is 6.92 Å². The van der Waals surface area contributed by atoms with Crippen molar-refractivity contribution in [1.29, 1.82) is 0 Å². The van der Waals surface area contributed by atoms with E-state index in [4.69, 9.17) is 10.2 Å². The van der Waals surface area contributed by atoms with Crippen LogP contribution < -0.4 is 5.73 Å². The molecule has 14 heavy (non-hydrogen) atoms. The molecule has 72 valence electrons. The molecule has 0 fully saturated rings. The Morgan fingerprint density at radius 2 is 2.14 bits per heavy atom. The highest BCUT2D eigenvalue weighted by atomic mass is 79.9. The Hall–Kier alpha value is -1.29. The first kappa shape index (κ1) is 9.27. The van der Waals surface area contributed by atoms with Crippen LogP contribution in [0.1, 0.15) is 16.1 Å². The number of nitrogens with two attached hydrogens (primary N) is 1. The van der Waals surface area contributed by atoms with Gasteiger partial charge >= 0.3 is 0 Å². The summed E-state index contributed by atoms with van der Waals surface area (Å²) in [5, 5.41) is 0.880. The predicted octanol–water partition coefficient (Wildman–Crippen LogP) is 2.60. The third-order valence-electron chi connectivity index (χ3n) is 2.01. The number of aryl methyl sites for hydroxylation is 1. The van der Waals surface area contributed by atoms with Crippen LogP contribution in [0.5, 0.6) is 0 Å². The normalized spacial score (nSPS) is 10.7. The van der Waals surface area contributed by atoms with E-state index in [2.05, 4.69) is 15.9 Å². The van der Waals surface area contributed by atoms with E-state index in [-0.39, 0.29) is 5.76 Å². The summed E-state index contributed by atoms with van der Waals surface area (Å²) >= 11 is 3.37. The molecule has 0 atom stereocenters. The molecule has 1 aromatic carbocycles. The number of carbonyl (C=O) groups excluding carboxylic acids is 1. The minimum Gasteiger partial charge on any atom is -0.451 e. The summed E-state index contributed by atoms with van der Waals surface area (Å²) in [6.07, 6.45) is 0. The lowest BCUT2D eigenvalue weighted by Gasteiger charge is -1.95. The lowest BCUT2D eigenvalue weighted by Crippen LogP contribution is -2.08. The fourth-order valence-electron chi connectivity index (χ4n) is 1.40. The van der Waals surface area contributed by atoms with Crippen molar-refractivity contribution in [2.75, 3.05) is 0 Å². The first-order valence-corrected chi connectivity index (χ1v) is 4.87. The van der Waals surface area contributed by atoms with Gasteiger partial charge in [-0.2, -0.15) is 0 Å². The van der Waals surface area contributed by atoms with E-state index in [1.165, 1.54) is 0 Å². The van der Waals surface area contributed by atoms with Gasteiger partial charge in [0.1, 0.15) is 5.58 Å². The molecule has 0 bridgehead atoms. The molecule has 2 rings (SSSR count). The van der Waals surface area contributed by atoms with Crippen LogP contribution in [0.15, 0.2) is 27.1 Å². The highest BCUT2D eigenvalue weighted by Crippen LogP contribution is 2.26. The third kappa shape index (κ3) is 1.42. The Balaban J connectivity index is 2.76. The Labute approximate surface area is 89.0 Å². The number of halogens is 1. The molecule has 4 heteroatoms. The number of carbonyl (C=O) groups is 1. The molecule has 1 heterocycles. The van der Waals surface area contributed by atoms with Crippen molar-refractivity contribution in [1.82, 2.24) is 0 Å². The number of hydrogen-bond acceptors (Lipinski definition) is 2. The monoisotopic (exact) mass is 253 g/mol. The van der Waals surface area contributed by atoms with E-state index in [1.54, 1.807) is 6.07 Å². The molecule has 0 unspecified atom stereocenters. The Kier molecular flexibility index (Phi) is 2.07. The molecule has 0 saturated heterocycles. The number of furan rings is 1. The van der Waals surface area contributed by atoms with E-state index in [0.717, 1.165) is 15.4 Å². The van der Waals surface area contributed by atoms with Gasteiger partial charge in [0.25, 0.3) is 5.91 Å². The van der Waals surface area contributed by atoms with Crippen LogP contribution in [0.3, 0.4) is 0 Å². The Bertz CT molecular complexity index is 516. The molecule has 0 radical (unpaired) electrons. The third-order valence-corrected chi connectivity index (χ3v) is 2.47. The summed E-state index contributed by atoms with van der Waals surface area (Å²) in [5.74, 6) is -0.349. The Morgan fingerprint density at radius 1 is 1.43 bits per heavy atom. The fourth-order valence-corrected chi connectivity index (χ4v) is 1.99. The van der Waals surface area contributed by atoms with Gasteiger partial charge in [0.2, 0.25) is 0 Å². The van der Waals surface area contributed by atoms with Crippen LogP contribution in [0.4, 0.5) is 0 Å². The van der Waals surface area contributed by atoms with Gasteiger partial charge in [-0.1, -0.05) is 15.9 Å². The fraction of sp³-hybridized carbons (Fsp3) is 0.100. The zero-order chi connectivity index (χ0) is 10.3. The van der Waals surface area contributed by atoms with Crippen LogP contribution in [0.25, 0.3) is 11.0 Å². The summed E-state index contributed by atoms with van der Waals surface area (Å²) in [5.41, 5.74) is 6.81. The average molecular weight is 254 g/mol. The molecule has 0 saturated carbocycles. The predicted molar refractivity (Wildman–Crippen MR) is 57.2 cm³/mol. The summed E-state index contributed by atoms with van der Waals surface area (Å²) in [6.45, 7) is 1.92.